The number of Topliss-reactive ketones (excluding diaryl/α,β-unsaturated/α-hetero) is 3. The van der Waals surface area contributed by atoms with Crippen LogP contribution in [0.1, 0.15) is 130 Å². The van der Waals surface area contributed by atoms with E-state index >= 15 is 0 Å². The fraction of sp³-hybridized carbons (Fsp3) is 0.313. The average molecular weight is 1340 g/mol. The number of benzene rings is 3. The van der Waals surface area contributed by atoms with Gasteiger partial charge in [-0.2, -0.15) is 0 Å². The number of rotatable bonds is 21. The summed E-state index contributed by atoms with van der Waals surface area (Å²) in [5.41, 5.74) is 11.0. The summed E-state index contributed by atoms with van der Waals surface area (Å²) in [7, 11) is 0. The molecule has 3 aliphatic carbocycles. The van der Waals surface area contributed by atoms with Crippen LogP contribution in [0.5, 0.6) is 0 Å². The first kappa shape index (κ1) is 77.8. The summed E-state index contributed by atoms with van der Waals surface area (Å²) >= 11 is 4.50. The number of aldehydes is 2. The maximum absolute atomic E-state index is 12.5. The van der Waals surface area contributed by atoms with Gasteiger partial charge in [-0.05, 0) is 113 Å². The Balaban J connectivity index is 0.000000340. The molecular formula is C83H100BrO8P. The Morgan fingerprint density at radius 2 is 0.656 bits per heavy atom. The van der Waals surface area contributed by atoms with Crippen molar-refractivity contribution in [3.05, 3.63) is 291 Å². The molecule has 0 unspecified atom stereocenters. The Morgan fingerprint density at radius 3 is 0.935 bits per heavy atom. The molecule has 0 aromatic heterocycles. The van der Waals surface area contributed by atoms with Gasteiger partial charge >= 0.3 is 230 Å². The molecule has 10 heteroatoms. The third-order valence-electron chi connectivity index (χ3n) is 17.2. The van der Waals surface area contributed by atoms with Crippen LogP contribution < -0.4 is 15.9 Å². The van der Waals surface area contributed by atoms with E-state index in [-0.39, 0.29) is 33.6 Å². The first-order valence-corrected chi connectivity index (χ1v) is 36.2. The SMILES string of the molecule is CC1=C(/C=C/C(C)=C/C=C/C(C)=C/C=C/C=C(C)/C=C/C=C(C)/C=C/C2=C(C)C(=O)[C@@H](O)CC2(C)C)C(C)(C)C[C@H](O)C1=O.CC1=C(/C=C/C(C)=C/CP(Br)(c2ccccc2)(c2ccccc2)c2ccccc2)C(C)(C)C[C@H](O)C1=O.C\C(C=O)=C/C=C/C=C(\C)C=O. The van der Waals surface area contributed by atoms with Crippen molar-refractivity contribution in [1.82, 2.24) is 0 Å². The van der Waals surface area contributed by atoms with Gasteiger partial charge in [0.2, 0.25) is 0 Å². The number of aliphatic hydroxyl groups excluding tert-OH is 3. The van der Waals surface area contributed by atoms with Gasteiger partial charge in [-0.3, -0.25) is 19.2 Å². The maximum Gasteiger partial charge on any atom is 0.145 e. The molecule has 0 radical (unpaired) electrons. The van der Waals surface area contributed by atoms with Crippen molar-refractivity contribution in [3.8, 4) is 0 Å². The topological polar surface area (TPSA) is 146 Å². The Morgan fingerprint density at radius 1 is 0.409 bits per heavy atom. The minimum atomic E-state index is -3.03. The molecule has 3 aliphatic rings. The molecule has 3 aromatic rings. The van der Waals surface area contributed by atoms with Crippen LogP contribution in [0.15, 0.2) is 291 Å². The van der Waals surface area contributed by atoms with Gasteiger partial charge in [-0.15, -0.1) is 0 Å². The second kappa shape index (κ2) is 35.6. The maximum atomic E-state index is 12.5. The van der Waals surface area contributed by atoms with Crippen LogP contribution in [-0.4, -0.2) is 69.7 Å². The van der Waals surface area contributed by atoms with Crippen LogP contribution in [0.3, 0.4) is 0 Å². The van der Waals surface area contributed by atoms with E-state index in [9.17, 15) is 39.3 Å². The molecule has 0 fully saturated rings. The molecule has 93 heavy (non-hydrogen) atoms. The predicted octanol–water partition coefficient (Wildman–Crippen LogP) is 17.7. The molecule has 3 N–H and O–H groups in total. The Kier molecular flexibility index (Phi) is 29.8. The summed E-state index contributed by atoms with van der Waals surface area (Å²) in [6, 6.07) is 32.3. The van der Waals surface area contributed by atoms with Crippen LogP contribution in [0, 0.1) is 16.2 Å². The molecule has 3 atom stereocenters. The number of allylic oxidation sites excluding steroid dienone is 31. The largest absolute Gasteiger partial charge is 0.298 e. The van der Waals surface area contributed by atoms with Gasteiger partial charge in [0.15, 0.2) is 11.6 Å². The minimum Gasteiger partial charge on any atom is -0.298 e. The summed E-state index contributed by atoms with van der Waals surface area (Å²) in [4.78, 5) is 57.2. The van der Waals surface area contributed by atoms with E-state index in [2.05, 4.69) is 211 Å². The molecule has 0 bridgehead atoms. The fourth-order valence-corrected chi connectivity index (χ4v) is 18.7. The molecule has 0 heterocycles. The van der Waals surface area contributed by atoms with E-state index < -0.39 is 23.6 Å². The van der Waals surface area contributed by atoms with Crippen LogP contribution in [0.4, 0.5) is 0 Å². The second-order valence-corrected chi connectivity index (χ2v) is 35.5. The van der Waals surface area contributed by atoms with Crippen molar-refractivity contribution >= 4 is 66.6 Å². The van der Waals surface area contributed by atoms with Crippen LogP contribution >= 0.6 is 20.8 Å². The van der Waals surface area contributed by atoms with E-state index in [1.165, 1.54) is 15.9 Å². The molecule has 6 rings (SSSR count). The summed E-state index contributed by atoms with van der Waals surface area (Å²) in [5.74, 6) is -0.513. The number of carbonyl (C=O) groups is 5. The van der Waals surface area contributed by atoms with E-state index in [0.717, 1.165) is 63.3 Å². The third-order valence-corrected chi connectivity index (χ3v) is 26.7. The number of halogens is 1. The summed E-state index contributed by atoms with van der Waals surface area (Å²) in [5, 5.41) is 31.0. The number of ketones is 3. The van der Waals surface area contributed by atoms with Crippen molar-refractivity contribution < 1.29 is 39.3 Å². The number of hydrogen-bond donors (Lipinski definition) is 3. The summed E-state index contributed by atoms with van der Waals surface area (Å²) < 4.78 is 0. The molecule has 492 valence electrons. The number of carbonyl (C=O) groups excluding carboxylic acids is 5. The zero-order valence-electron chi connectivity index (χ0n) is 57.7. The molecule has 0 saturated heterocycles. The van der Waals surface area contributed by atoms with E-state index in [4.69, 9.17) is 0 Å². The fourth-order valence-electron chi connectivity index (χ4n) is 11.6. The molecule has 8 nitrogen and oxygen atoms in total. The van der Waals surface area contributed by atoms with E-state index in [1.807, 2.05) is 81.5 Å². The predicted molar refractivity (Wildman–Crippen MR) is 398 cm³/mol. The number of aliphatic hydroxyl groups is 3. The van der Waals surface area contributed by atoms with Gasteiger partial charge in [0.1, 0.15) is 24.8 Å². The van der Waals surface area contributed by atoms with Crippen molar-refractivity contribution in [3.63, 3.8) is 0 Å². The molecular weight excluding hydrogens is 1240 g/mol. The van der Waals surface area contributed by atoms with Gasteiger partial charge in [0.05, 0.1) is 0 Å². The van der Waals surface area contributed by atoms with Gasteiger partial charge in [0, 0.05) is 0 Å². The van der Waals surface area contributed by atoms with Gasteiger partial charge < -0.3 is 10.2 Å². The first-order valence-electron chi connectivity index (χ1n) is 31.8. The van der Waals surface area contributed by atoms with E-state index in [0.29, 0.717) is 47.1 Å². The first-order chi connectivity index (χ1) is 43.7. The van der Waals surface area contributed by atoms with Crippen LogP contribution in [-0.2, 0) is 24.0 Å². The van der Waals surface area contributed by atoms with Gasteiger partial charge in [-0.1, -0.05) is 159 Å². The smallest absolute Gasteiger partial charge is 0.145 e. The third kappa shape index (κ3) is 22.0. The quantitative estimate of drug-likeness (QED) is 0.0414. The zero-order chi connectivity index (χ0) is 69.3. The van der Waals surface area contributed by atoms with Crippen molar-refractivity contribution in [2.75, 3.05) is 6.16 Å². The van der Waals surface area contributed by atoms with Crippen LogP contribution in [0.25, 0.3) is 0 Å². The molecule has 0 amide bonds. The molecule has 3 aromatic carbocycles. The molecule has 0 saturated carbocycles. The number of hydrogen-bond acceptors (Lipinski definition) is 8. The standard InChI is InChI=1S/C40H52O4.C33H36BrO2P.C10H12O2/c1-27(17-13-19-29(3)21-23-33-31(5)37(43)35(41)25-39(33,7)8)15-11-12-16-28(2)18-14-20-30(4)22-24-34-32(6)38(44)36(42)26-40(34,9)10;1-25(20-21-30-26(2)32(36)31(35)24-33(30,3)4)22-23-37(34,27-14-8-5-9-15-27,28-16-10-6-11-17-28)29-18-12-7-13-19-29;1-9(7-11)5-3-4-6-10(2)8-12/h11-24,35-36,41-42H,25-26H2,1-10H3;5-22,31,35H,23-24H2,1-4H3;3-8H,1-2H3/b12-11+,17-13+,18-14+,23-21+,24-22+,27-15+,28-16+,29-19+,30-20+;21-20+,25-22+;4-3+,9-5+,10-6+/t35-,36-;31-;/m00./s1. The Hall–Kier alpha value is -7.62. The Bertz CT molecular complexity index is 3500. The van der Waals surface area contributed by atoms with Gasteiger partial charge in [-0.25, -0.2) is 0 Å². The van der Waals surface area contributed by atoms with Gasteiger partial charge in [0.25, 0.3) is 0 Å². The van der Waals surface area contributed by atoms with E-state index in [1.54, 1.807) is 52.0 Å². The van der Waals surface area contributed by atoms with Crippen molar-refractivity contribution in [2.45, 2.75) is 148 Å². The normalized spacial score (nSPS) is 21.2. The second-order valence-electron chi connectivity index (χ2n) is 26.5. The molecule has 0 aliphatic heterocycles. The average Bonchev–Trinajstić information content (AvgIpc) is 0.718. The van der Waals surface area contributed by atoms with Crippen molar-refractivity contribution in [2.24, 2.45) is 16.2 Å². The monoisotopic (exact) mass is 1330 g/mol. The Labute approximate surface area is 564 Å². The summed E-state index contributed by atoms with van der Waals surface area (Å²) in [6.45, 7) is 31.6. The van der Waals surface area contributed by atoms with Crippen molar-refractivity contribution in [1.29, 1.82) is 0 Å². The molecule has 0 spiro atoms. The van der Waals surface area contributed by atoms with Crippen LogP contribution in [0.2, 0.25) is 0 Å². The summed E-state index contributed by atoms with van der Waals surface area (Å²) in [6.07, 6.45) is 42.7. The minimum absolute atomic E-state index is 0.164. The zero-order valence-corrected chi connectivity index (χ0v) is 60.2.